The molecule has 2 aromatic rings. The Morgan fingerprint density at radius 2 is 1.84 bits per heavy atom. The molecule has 164 valence electrons. The molecule has 13 heteroatoms. The zero-order chi connectivity index (χ0) is 23.6. The molecule has 0 radical (unpaired) electrons. The number of nitrogens with two attached hydrogens (primary N) is 1. The number of urea groups is 1. The van der Waals surface area contributed by atoms with E-state index in [1.807, 2.05) is 0 Å². The van der Waals surface area contributed by atoms with Crippen molar-refractivity contribution in [3.05, 3.63) is 66.6 Å². The Bertz CT molecular complexity index is 1190. The Morgan fingerprint density at radius 3 is 2.44 bits per heavy atom. The fraction of sp³-hybridized carbons (Fsp3) is 0.0526. The first-order valence-corrected chi connectivity index (χ1v) is 10.2. The molecule has 0 spiro atoms. The number of benzene rings is 2. The molecule has 0 saturated carbocycles. The van der Waals surface area contributed by atoms with Crippen molar-refractivity contribution in [3.63, 3.8) is 0 Å². The summed E-state index contributed by atoms with van der Waals surface area (Å²) in [5.41, 5.74) is 4.74. The lowest BCUT2D eigenvalue weighted by molar-refractivity contribution is -0.384. The van der Waals surface area contributed by atoms with E-state index in [1.165, 1.54) is 24.3 Å². The van der Waals surface area contributed by atoms with Crippen LogP contribution in [0.3, 0.4) is 0 Å². The minimum absolute atomic E-state index is 0.0251. The quantitative estimate of drug-likeness (QED) is 0.234. The number of imide groups is 2. The first kappa shape index (κ1) is 23.1. The van der Waals surface area contributed by atoms with E-state index in [1.54, 1.807) is 6.07 Å². The van der Waals surface area contributed by atoms with Crippen LogP contribution in [-0.4, -0.2) is 35.3 Å². The minimum atomic E-state index is -1.01. The maximum Gasteiger partial charge on any atom is 0.335 e. The summed E-state index contributed by atoms with van der Waals surface area (Å²) in [6.45, 7) is -0.454. The van der Waals surface area contributed by atoms with Crippen LogP contribution in [-0.2, 0) is 14.4 Å². The molecule has 1 heterocycles. The largest absolute Gasteiger partial charge is 0.482 e. The van der Waals surface area contributed by atoms with Crippen LogP contribution in [0.2, 0.25) is 0 Å². The lowest BCUT2D eigenvalue weighted by Crippen LogP contribution is -2.54. The van der Waals surface area contributed by atoms with Gasteiger partial charge < -0.3 is 10.5 Å². The second-order valence-electron chi connectivity index (χ2n) is 6.29. The van der Waals surface area contributed by atoms with Crippen LogP contribution in [0.25, 0.3) is 6.08 Å². The predicted octanol–water partition coefficient (Wildman–Crippen LogP) is 2.65. The van der Waals surface area contributed by atoms with Crippen molar-refractivity contribution in [3.8, 4) is 5.75 Å². The Balaban J connectivity index is 2.04. The highest BCUT2D eigenvalue weighted by molar-refractivity contribution is 9.11. The predicted molar refractivity (Wildman–Crippen MR) is 119 cm³/mol. The first-order chi connectivity index (χ1) is 15.1. The third-order valence-corrected chi connectivity index (χ3v) is 5.16. The third-order valence-electron chi connectivity index (χ3n) is 4.12. The summed E-state index contributed by atoms with van der Waals surface area (Å²) in [5.74, 6) is -2.50. The number of barbiturate groups is 1. The van der Waals surface area contributed by atoms with Crippen molar-refractivity contribution in [2.75, 3.05) is 11.5 Å². The monoisotopic (exact) mass is 566 g/mol. The zero-order valence-electron chi connectivity index (χ0n) is 15.8. The van der Waals surface area contributed by atoms with Gasteiger partial charge in [-0.15, -0.1) is 0 Å². The fourth-order valence-corrected chi connectivity index (χ4v) is 4.13. The summed E-state index contributed by atoms with van der Waals surface area (Å²) in [7, 11) is 0. The van der Waals surface area contributed by atoms with Gasteiger partial charge in [0, 0.05) is 22.2 Å². The molecule has 5 amide bonds. The molecular weight excluding hydrogens is 556 g/mol. The zero-order valence-corrected chi connectivity index (χ0v) is 19.0. The average molecular weight is 568 g/mol. The number of rotatable bonds is 6. The van der Waals surface area contributed by atoms with E-state index in [2.05, 4.69) is 37.2 Å². The molecule has 32 heavy (non-hydrogen) atoms. The molecular formula is C19H12Br2N4O7. The van der Waals surface area contributed by atoms with Crippen molar-refractivity contribution < 1.29 is 28.8 Å². The smallest absolute Gasteiger partial charge is 0.335 e. The number of nitrogens with zero attached hydrogens (tertiary/aromatic N) is 2. The molecule has 1 fully saturated rings. The molecule has 11 nitrogen and oxygen atoms in total. The van der Waals surface area contributed by atoms with Crippen molar-refractivity contribution in [2.45, 2.75) is 0 Å². The molecule has 1 aliphatic heterocycles. The van der Waals surface area contributed by atoms with Crippen molar-refractivity contribution in [1.29, 1.82) is 0 Å². The SMILES string of the molecule is NC(=O)COc1c(Br)cc(Br)cc1/C=C1/C(=O)NC(=O)N(c2ccc([N+](=O)[O-])cc2)C1=O. The molecule has 1 aliphatic rings. The van der Waals surface area contributed by atoms with Gasteiger partial charge in [-0.2, -0.15) is 0 Å². The Labute approximate surface area is 196 Å². The highest BCUT2D eigenvalue weighted by Gasteiger charge is 2.37. The maximum absolute atomic E-state index is 13.0. The minimum Gasteiger partial charge on any atom is -0.482 e. The van der Waals surface area contributed by atoms with E-state index in [0.29, 0.717) is 13.8 Å². The van der Waals surface area contributed by atoms with Gasteiger partial charge in [-0.05, 0) is 46.3 Å². The number of amides is 5. The van der Waals surface area contributed by atoms with E-state index in [4.69, 9.17) is 10.5 Å². The maximum atomic E-state index is 13.0. The highest BCUT2D eigenvalue weighted by Crippen LogP contribution is 2.35. The summed E-state index contributed by atoms with van der Waals surface area (Å²) in [5, 5.41) is 12.9. The summed E-state index contributed by atoms with van der Waals surface area (Å²) in [6.07, 6.45) is 1.19. The first-order valence-electron chi connectivity index (χ1n) is 8.64. The Hall–Kier alpha value is -3.58. The fourth-order valence-electron chi connectivity index (χ4n) is 2.75. The van der Waals surface area contributed by atoms with Crippen LogP contribution in [0.4, 0.5) is 16.2 Å². The van der Waals surface area contributed by atoms with Crippen LogP contribution >= 0.6 is 31.9 Å². The number of nitro benzene ring substituents is 1. The van der Waals surface area contributed by atoms with Gasteiger partial charge in [-0.3, -0.25) is 29.8 Å². The van der Waals surface area contributed by atoms with Gasteiger partial charge in [0.05, 0.1) is 15.1 Å². The number of halogens is 2. The topological polar surface area (TPSA) is 162 Å². The Kier molecular flexibility index (Phi) is 6.69. The Morgan fingerprint density at radius 1 is 1.19 bits per heavy atom. The van der Waals surface area contributed by atoms with Crippen LogP contribution in [0.1, 0.15) is 5.56 Å². The summed E-state index contributed by atoms with van der Waals surface area (Å²) >= 11 is 6.57. The van der Waals surface area contributed by atoms with Crippen LogP contribution in [0.5, 0.6) is 5.75 Å². The summed E-state index contributed by atoms with van der Waals surface area (Å²) < 4.78 is 6.36. The number of carbonyl (C=O) groups is 4. The molecule has 3 rings (SSSR count). The number of nitro groups is 1. The van der Waals surface area contributed by atoms with E-state index in [9.17, 15) is 29.3 Å². The number of anilines is 1. The molecule has 2 aromatic carbocycles. The van der Waals surface area contributed by atoms with Crippen LogP contribution < -0.4 is 20.7 Å². The average Bonchev–Trinajstić information content (AvgIpc) is 2.70. The highest BCUT2D eigenvalue weighted by atomic mass is 79.9. The van der Waals surface area contributed by atoms with E-state index < -0.39 is 40.9 Å². The number of hydrogen-bond donors (Lipinski definition) is 2. The van der Waals surface area contributed by atoms with Gasteiger partial charge in [0.25, 0.3) is 23.4 Å². The molecule has 0 aliphatic carbocycles. The van der Waals surface area contributed by atoms with E-state index in [-0.39, 0.29) is 22.7 Å². The van der Waals surface area contributed by atoms with Gasteiger partial charge in [-0.1, -0.05) is 15.9 Å². The van der Waals surface area contributed by atoms with Gasteiger partial charge in [-0.25, -0.2) is 9.69 Å². The lowest BCUT2D eigenvalue weighted by atomic mass is 10.1. The normalized spacial score (nSPS) is 15.0. The summed E-state index contributed by atoms with van der Waals surface area (Å²) in [6, 6.07) is 6.80. The van der Waals surface area contributed by atoms with Gasteiger partial charge in [0.1, 0.15) is 11.3 Å². The van der Waals surface area contributed by atoms with Crippen molar-refractivity contribution in [2.24, 2.45) is 5.73 Å². The van der Waals surface area contributed by atoms with E-state index >= 15 is 0 Å². The van der Waals surface area contributed by atoms with Gasteiger partial charge in [0.15, 0.2) is 6.61 Å². The molecule has 0 bridgehead atoms. The lowest BCUT2D eigenvalue weighted by Gasteiger charge is -2.26. The van der Waals surface area contributed by atoms with Crippen molar-refractivity contribution in [1.82, 2.24) is 5.32 Å². The van der Waals surface area contributed by atoms with Gasteiger partial charge >= 0.3 is 6.03 Å². The van der Waals surface area contributed by atoms with Crippen LogP contribution in [0, 0.1) is 10.1 Å². The number of ether oxygens (including phenoxy) is 1. The summed E-state index contributed by atoms with van der Waals surface area (Å²) in [4.78, 5) is 59.7. The second kappa shape index (κ2) is 9.28. The molecule has 1 saturated heterocycles. The molecule has 0 unspecified atom stereocenters. The number of primary amides is 1. The van der Waals surface area contributed by atoms with Crippen molar-refractivity contribution >= 4 is 73.1 Å². The molecule has 0 aromatic heterocycles. The number of hydrogen-bond acceptors (Lipinski definition) is 7. The van der Waals surface area contributed by atoms with Gasteiger partial charge in [0.2, 0.25) is 0 Å². The number of carbonyl (C=O) groups excluding carboxylic acids is 4. The third kappa shape index (κ3) is 4.84. The standard InChI is InChI=1S/C19H12Br2N4O7/c20-10-5-9(16(14(21)7-10)32-8-15(22)26)6-13-17(27)23-19(29)24(18(13)28)11-1-3-12(4-2-11)25(30)31/h1-7H,8H2,(H2,22,26)(H,23,27,29)/b13-6-. The second-order valence-corrected chi connectivity index (χ2v) is 8.06. The van der Waals surface area contributed by atoms with E-state index in [0.717, 1.165) is 12.1 Å². The molecule has 3 N–H and O–H groups in total. The number of non-ortho nitro benzene ring substituents is 1. The molecule has 0 atom stereocenters. The van der Waals surface area contributed by atoms with Crippen LogP contribution in [0.15, 0.2) is 50.9 Å². The number of nitrogens with one attached hydrogen (secondary N) is 1.